The minimum atomic E-state index is -1.64. The molecule has 0 spiro atoms. The van der Waals surface area contributed by atoms with Crippen LogP contribution in [0, 0.1) is 24.4 Å². The Balaban J connectivity index is 1.81. The third kappa shape index (κ3) is 6.13. The lowest BCUT2D eigenvalue weighted by Gasteiger charge is -2.13. The topological polar surface area (TPSA) is 74.8 Å². The van der Waals surface area contributed by atoms with Crippen molar-refractivity contribution < 1.29 is 22.7 Å². The van der Waals surface area contributed by atoms with Gasteiger partial charge in [-0.1, -0.05) is 12.1 Å². The number of nitrogens with one attached hydrogen (secondary N) is 3. The quantitative estimate of drug-likeness (QED) is 0.374. The molecule has 156 valence electrons. The molecule has 0 atom stereocenters. The number of nitrogens with zero attached hydrogens (tertiary/aromatic N) is 1. The third-order valence-electron chi connectivity index (χ3n) is 4.13. The SMILES string of the molecule is CN=C(NCCc1ccc(C)c(OC)c1)NCC(=O)Nc1ccc(F)c(F)c1F. The molecule has 0 fully saturated rings. The molecule has 0 aliphatic rings. The standard InChI is InChI=1S/C20H23F3N4O2/c1-12-4-5-13(10-16(12)29-3)8-9-25-20(24-2)26-11-17(28)27-15-7-6-14(21)18(22)19(15)23/h4-7,10H,8-9,11H2,1-3H3,(H,27,28)(H2,24,25,26). The number of hydrogen-bond donors (Lipinski definition) is 3. The van der Waals surface area contributed by atoms with Gasteiger partial charge in [0.2, 0.25) is 5.91 Å². The predicted molar refractivity (Wildman–Crippen MR) is 106 cm³/mol. The van der Waals surface area contributed by atoms with Gasteiger partial charge >= 0.3 is 0 Å². The number of rotatable bonds is 7. The molecule has 2 aromatic carbocycles. The van der Waals surface area contributed by atoms with E-state index in [1.54, 1.807) is 7.11 Å². The minimum Gasteiger partial charge on any atom is -0.496 e. The number of amides is 1. The van der Waals surface area contributed by atoms with Crippen LogP contribution in [0.15, 0.2) is 35.3 Å². The first-order valence-corrected chi connectivity index (χ1v) is 8.87. The summed E-state index contributed by atoms with van der Waals surface area (Å²) < 4.78 is 45.0. The Bertz CT molecular complexity index is 904. The van der Waals surface area contributed by atoms with Crippen molar-refractivity contribution in [2.45, 2.75) is 13.3 Å². The molecule has 0 saturated carbocycles. The number of ether oxygens (including phenoxy) is 1. The number of methoxy groups -OCH3 is 1. The first-order chi connectivity index (χ1) is 13.8. The molecule has 0 saturated heterocycles. The number of benzene rings is 2. The molecule has 3 N–H and O–H groups in total. The highest BCUT2D eigenvalue weighted by Gasteiger charge is 2.15. The number of aliphatic imine (C=N–C) groups is 1. The van der Waals surface area contributed by atoms with Crippen molar-refractivity contribution in [2.75, 3.05) is 32.6 Å². The second kappa shape index (κ2) is 10.4. The first kappa shape index (κ1) is 22.1. The largest absolute Gasteiger partial charge is 0.496 e. The highest BCUT2D eigenvalue weighted by molar-refractivity contribution is 5.95. The second-order valence-corrected chi connectivity index (χ2v) is 6.18. The van der Waals surface area contributed by atoms with Gasteiger partial charge in [0.1, 0.15) is 5.75 Å². The summed E-state index contributed by atoms with van der Waals surface area (Å²) in [7, 11) is 3.16. The average Bonchev–Trinajstić information content (AvgIpc) is 2.72. The zero-order valence-electron chi connectivity index (χ0n) is 16.4. The lowest BCUT2D eigenvalue weighted by atomic mass is 10.1. The van der Waals surface area contributed by atoms with Crippen LogP contribution in [0.1, 0.15) is 11.1 Å². The Morgan fingerprint density at radius 1 is 1.10 bits per heavy atom. The zero-order valence-corrected chi connectivity index (χ0v) is 16.4. The van der Waals surface area contributed by atoms with Gasteiger partial charge in [0.05, 0.1) is 19.3 Å². The van der Waals surface area contributed by atoms with E-state index >= 15 is 0 Å². The molecule has 0 aromatic heterocycles. The van der Waals surface area contributed by atoms with Crippen LogP contribution in [-0.4, -0.2) is 39.1 Å². The van der Waals surface area contributed by atoms with E-state index in [0.717, 1.165) is 29.0 Å². The Morgan fingerprint density at radius 3 is 2.55 bits per heavy atom. The number of halogens is 3. The van der Waals surface area contributed by atoms with Gasteiger partial charge in [-0.15, -0.1) is 0 Å². The molecule has 29 heavy (non-hydrogen) atoms. The Labute approximate surface area is 167 Å². The Hall–Kier alpha value is -3.23. The average molecular weight is 408 g/mol. The third-order valence-corrected chi connectivity index (χ3v) is 4.13. The number of anilines is 1. The van der Waals surface area contributed by atoms with E-state index in [0.29, 0.717) is 18.9 Å². The molecule has 2 rings (SSSR count). The molecule has 0 heterocycles. The van der Waals surface area contributed by atoms with Crippen LogP contribution in [0.4, 0.5) is 18.9 Å². The van der Waals surface area contributed by atoms with Crippen molar-refractivity contribution in [2.24, 2.45) is 4.99 Å². The van der Waals surface area contributed by atoms with Crippen molar-refractivity contribution in [3.05, 3.63) is 58.9 Å². The first-order valence-electron chi connectivity index (χ1n) is 8.87. The summed E-state index contributed by atoms with van der Waals surface area (Å²) in [6, 6.07) is 7.62. The number of carbonyl (C=O) groups is 1. The van der Waals surface area contributed by atoms with Gasteiger partial charge in [-0.3, -0.25) is 9.79 Å². The maximum Gasteiger partial charge on any atom is 0.243 e. The van der Waals surface area contributed by atoms with Crippen molar-refractivity contribution >= 4 is 17.6 Å². The van der Waals surface area contributed by atoms with E-state index in [1.165, 1.54) is 7.05 Å². The van der Waals surface area contributed by atoms with E-state index in [9.17, 15) is 18.0 Å². The summed E-state index contributed by atoms with van der Waals surface area (Å²) in [5.74, 6) is -3.87. The Kier molecular flexibility index (Phi) is 7.88. The van der Waals surface area contributed by atoms with Crippen LogP contribution in [0.3, 0.4) is 0 Å². The summed E-state index contributed by atoms with van der Waals surface area (Å²) in [6.07, 6.45) is 0.698. The molecule has 0 aliphatic heterocycles. The fourth-order valence-corrected chi connectivity index (χ4v) is 2.55. The molecule has 0 aliphatic carbocycles. The molecule has 1 amide bonds. The number of guanidine groups is 1. The summed E-state index contributed by atoms with van der Waals surface area (Å²) in [5, 5.41) is 7.99. The van der Waals surface area contributed by atoms with Crippen LogP contribution >= 0.6 is 0 Å². The summed E-state index contributed by atoms with van der Waals surface area (Å²) in [5.41, 5.74) is 1.68. The lowest BCUT2D eigenvalue weighted by molar-refractivity contribution is -0.115. The van der Waals surface area contributed by atoms with Gasteiger partial charge in [0, 0.05) is 13.6 Å². The van der Waals surface area contributed by atoms with E-state index in [1.807, 2.05) is 25.1 Å². The summed E-state index contributed by atoms with van der Waals surface area (Å²) in [6.45, 7) is 2.27. The number of hydrogen-bond acceptors (Lipinski definition) is 3. The van der Waals surface area contributed by atoms with Gasteiger partial charge in [-0.25, -0.2) is 13.2 Å². The molecule has 0 bridgehead atoms. The smallest absolute Gasteiger partial charge is 0.243 e. The van der Waals surface area contributed by atoms with E-state index in [2.05, 4.69) is 20.9 Å². The van der Waals surface area contributed by atoms with Crippen LogP contribution in [-0.2, 0) is 11.2 Å². The minimum absolute atomic E-state index is 0.240. The number of aryl methyl sites for hydroxylation is 1. The van der Waals surface area contributed by atoms with Crippen LogP contribution < -0.4 is 20.7 Å². The zero-order chi connectivity index (χ0) is 21.4. The van der Waals surface area contributed by atoms with Crippen molar-refractivity contribution in [1.29, 1.82) is 0 Å². The summed E-state index contributed by atoms with van der Waals surface area (Å²) in [4.78, 5) is 15.9. The van der Waals surface area contributed by atoms with Crippen molar-refractivity contribution in [3.63, 3.8) is 0 Å². The van der Waals surface area contributed by atoms with Crippen LogP contribution in [0.25, 0.3) is 0 Å². The monoisotopic (exact) mass is 408 g/mol. The number of carbonyl (C=O) groups excluding carboxylic acids is 1. The molecule has 2 aromatic rings. The highest BCUT2D eigenvalue weighted by atomic mass is 19.2. The van der Waals surface area contributed by atoms with E-state index in [4.69, 9.17) is 4.74 Å². The Morgan fingerprint density at radius 2 is 1.86 bits per heavy atom. The van der Waals surface area contributed by atoms with E-state index in [-0.39, 0.29) is 6.54 Å². The fraction of sp³-hybridized carbons (Fsp3) is 0.300. The molecule has 0 radical (unpaired) electrons. The second-order valence-electron chi connectivity index (χ2n) is 6.18. The summed E-state index contributed by atoms with van der Waals surface area (Å²) >= 11 is 0. The van der Waals surface area contributed by atoms with Crippen molar-refractivity contribution in [1.82, 2.24) is 10.6 Å². The van der Waals surface area contributed by atoms with Gasteiger partial charge < -0.3 is 20.7 Å². The highest BCUT2D eigenvalue weighted by Crippen LogP contribution is 2.20. The van der Waals surface area contributed by atoms with Gasteiger partial charge in [0.15, 0.2) is 23.4 Å². The lowest BCUT2D eigenvalue weighted by Crippen LogP contribution is -2.42. The molecule has 6 nitrogen and oxygen atoms in total. The molecule has 9 heteroatoms. The molecule has 0 unspecified atom stereocenters. The maximum atomic E-state index is 13.6. The molecular formula is C20H23F3N4O2. The predicted octanol–water partition coefficient (Wildman–Crippen LogP) is 2.77. The van der Waals surface area contributed by atoms with E-state index < -0.39 is 29.0 Å². The van der Waals surface area contributed by atoms with Crippen LogP contribution in [0.5, 0.6) is 5.75 Å². The fourth-order valence-electron chi connectivity index (χ4n) is 2.55. The van der Waals surface area contributed by atoms with Gasteiger partial charge in [-0.2, -0.15) is 0 Å². The van der Waals surface area contributed by atoms with Crippen LogP contribution in [0.2, 0.25) is 0 Å². The maximum absolute atomic E-state index is 13.6. The van der Waals surface area contributed by atoms with Gasteiger partial charge in [0.25, 0.3) is 0 Å². The normalized spacial score (nSPS) is 11.2. The van der Waals surface area contributed by atoms with Gasteiger partial charge in [-0.05, 0) is 42.7 Å². The molecular weight excluding hydrogens is 385 g/mol. The van der Waals surface area contributed by atoms with Crippen molar-refractivity contribution in [3.8, 4) is 5.75 Å².